The highest BCUT2D eigenvalue weighted by Gasteiger charge is 2.18. The summed E-state index contributed by atoms with van der Waals surface area (Å²) in [6, 6.07) is 3.81. The minimum absolute atomic E-state index is 0.0486. The lowest BCUT2D eigenvalue weighted by molar-refractivity contribution is 0.411. The Morgan fingerprint density at radius 2 is 1.65 bits per heavy atom. The first-order valence-corrected chi connectivity index (χ1v) is 6.48. The number of nitrogens with two attached hydrogens (primary N) is 1. The van der Waals surface area contributed by atoms with Crippen molar-refractivity contribution in [2.45, 2.75) is 37.8 Å². The second-order valence-corrected chi connectivity index (χ2v) is 5.32. The second-order valence-electron chi connectivity index (χ2n) is 4.51. The first-order valence-electron chi connectivity index (χ1n) is 5.73. The zero-order valence-electron chi connectivity index (χ0n) is 9.35. The average molecular weight is 277 g/mol. The molecule has 0 amide bonds. The van der Waals surface area contributed by atoms with Gasteiger partial charge in [0, 0.05) is 17.8 Å². The van der Waals surface area contributed by atoms with Crippen LogP contribution < -0.4 is 11.1 Å². The van der Waals surface area contributed by atoms with E-state index in [9.17, 15) is 4.39 Å². The maximum Gasteiger partial charge on any atom is 0.160 e. The van der Waals surface area contributed by atoms with Crippen molar-refractivity contribution >= 4 is 28.9 Å². The molecule has 3 N–H and O–H groups in total. The Morgan fingerprint density at radius 3 is 2.18 bits per heavy atom. The van der Waals surface area contributed by atoms with Crippen molar-refractivity contribution in [2.75, 3.05) is 5.32 Å². The summed E-state index contributed by atoms with van der Waals surface area (Å²) < 4.78 is 13.2. The van der Waals surface area contributed by atoms with Crippen molar-refractivity contribution in [3.05, 3.63) is 28.0 Å². The molecule has 5 heteroatoms. The third-order valence-electron chi connectivity index (χ3n) is 3.13. The summed E-state index contributed by atoms with van der Waals surface area (Å²) in [5.74, 6) is -0.565. The van der Waals surface area contributed by atoms with Gasteiger partial charge in [-0.3, -0.25) is 0 Å². The fraction of sp³-hybridized carbons (Fsp3) is 0.500. The zero-order chi connectivity index (χ0) is 12.4. The van der Waals surface area contributed by atoms with E-state index in [2.05, 4.69) is 5.32 Å². The largest absolute Gasteiger partial charge is 0.382 e. The number of halogens is 3. The number of anilines is 1. The predicted octanol–water partition coefficient (Wildman–Crippen LogP) is 3.81. The Hall–Kier alpha value is -0.510. The van der Waals surface area contributed by atoms with Crippen LogP contribution in [0.2, 0.25) is 10.0 Å². The van der Waals surface area contributed by atoms with Gasteiger partial charge in [0.2, 0.25) is 0 Å². The van der Waals surface area contributed by atoms with Crippen LogP contribution in [0.15, 0.2) is 12.1 Å². The van der Waals surface area contributed by atoms with E-state index in [-0.39, 0.29) is 10.0 Å². The van der Waals surface area contributed by atoms with Gasteiger partial charge in [-0.2, -0.15) is 0 Å². The van der Waals surface area contributed by atoms with Crippen LogP contribution in [0.25, 0.3) is 0 Å². The minimum Gasteiger partial charge on any atom is -0.382 e. The first kappa shape index (κ1) is 12.9. The van der Waals surface area contributed by atoms with Crippen LogP contribution in [0, 0.1) is 5.82 Å². The molecule has 1 saturated carbocycles. The van der Waals surface area contributed by atoms with E-state index in [1.165, 1.54) is 0 Å². The molecule has 2 nitrogen and oxygen atoms in total. The fourth-order valence-electron chi connectivity index (χ4n) is 2.14. The molecule has 1 aliphatic rings. The van der Waals surface area contributed by atoms with Gasteiger partial charge in [0.05, 0.1) is 10.0 Å². The van der Waals surface area contributed by atoms with Crippen LogP contribution >= 0.6 is 23.2 Å². The molecule has 0 saturated heterocycles. The number of hydrogen-bond acceptors (Lipinski definition) is 2. The van der Waals surface area contributed by atoms with Gasteiger partial charge >= 0.3 is 0 Å². The summed E-state index contributed by atoms with van der Waals surface area (Å²) >= 11 is 11.5. The molecule has 1 aromatic rings. The normalized spacial score (nSPS) is 24.7. The van der Waals surface area contributed by atoms with Gasteiger partial charge in [-0.05, 0) is 37.8 Å². The molecule has 0 atom stereocenters. The fourth-order valence-corrected chi connectivity index (χ4v) is 2.63. The summed E-state index contributed by atoms with van der Waals surface area (Å²) in [6.07, 6.45) is 4.07. The molecule has 0 aliphatic heterocycles. The van der Waals surface area contributed by atoms with Crippen molar-refractivity contribution in [1.29, 1.82) is 0 Å². The smallest absolute Gasteiger partial charge is 0.160 e. The number of benzene rings is 1. The van der Waals surface area contributed by atoms with E-state index in [0.29, 0.717) is 12.1 Å². The lowest BCUT2D eigenvalue weighted by Crippen LogP contribution is -2.32. The highest BCUT2D eigenvalue weighted by Crippen LogP contribution is 2.29. The van der Waals surface area contributed by atoms with E-state index in [4.69, 9.17) is 28.9 Å². The number of nitrogens with one attached hydrogen (secondary N) is 1. The molecule has 0 radical (unpaired) electrons. The molecule has 0 aromatic heterocycles. The lowest BCUT2D eigenvalue weighted by atomic mass is 9.92. The van der Waals surface area contributed by atoms with Gasteiger partial charge in [0.15, 0.2) is 5.82 Å². The quantitative estimate of drug-likeness (QED) is 0.806. The van der Waals surface area contributed by atoms with E-state index in [0.717, 1.165) is 31.4 Å². The van der Waals surface area contributed by atoms with E-state index in [1.54, 1.807) is 12.1 Å². The third-order valence-corrected chi connectivity index (χ3v) is 3.68. The standard InChI is InChI=1S/C12H15Cl2FN2/c13-10-5-9(6-11(14)12(10)15)17-8-3-1-7(16)2-4-8/h5-8,17H,1-4,16H2. The second kappa shape index (κ2) is 5.42. The molecule has 1 aliphatic carbocycles. The van der Waals surface area contributed by atoms with E-state index >= 15 is 0 Å². The molecular weight excluding hydrogens is 262 g/mol. The van der Waals surface area contributed by atoms with E-state index < -0.39 is 5.82 Å². The van der Waals surface area contributed by atoms with Crippen LogP contribution in [0.5, 0.6) is 0 Å². The van der Waals surface area contributed by atoms with Gasteiger partial charge in [0.1, 0.15) is 0 Å². The van der Waals surface area contributed by atoms with Gasteiger partial charge in [-0.1, -0.05) is 23.2 Å². The number of rotatable bonds is 2. The summed E-state index contributed by atoms with van der Waals surface area (Å²) in [7, 11) is 0. The summed E-state index contributed by atoms with van der Waals surface area (Å²) in [4.78, 5) is 0. The topological polar surface area (TPSA) is 38.0 Å². The van der Waals surface area contributed by atoms with Crippen molar-refractivity contribution in [3.63, 3.8) is 0 Å². The highest BCUT2D eigenvalue weighted by molar-refractivity contribution is 6.35. The molecular formula is C12H15Cl2FN2. The predicted molar refractivity (Wildman–Crippen MR) is 70.3 cm³/mol. The van der Waals surface area contributed by atoms with Crippen LogP contribution in [-0.4, -0.2) is 12.1 Å². The summed E-state index contributed by atoms with van der Waals surface area (Å²) in [6.45, 7) is 0. The summed E-state index contributed by atoms with van der Waals surface area (Å²) in [5.41, 5.74) is 6.60. The van der Waals surface area contributed by atoms with Gasteiger partial charge in [0.25, 0.3) is 0 Å². The van der Waals surface area contributed by atoms with Crippen molar-refractivity contribution in [2.24, 2.45) is 5.73 Å². The molecule has 0 unspecified atom stereocenters. The van der Waals surface area contributed by atoms with Crippen molar-refractivity contribution in [3.8, 4) is 0 Å². The maximum absolute atomic E-state index is 13.2. The van der Waals surface area contributed by atoms with Crippen LogP contribution in [0.1, 0.15) is 25.7 Å². The summed E-state index contributed by atoms with van der Waals surface area (Å²) in [5, 5.41) is 3.42. The SMILES string of the molecule is NC1CCC(Nc2cc(Cl)c(F)c(Cl)c2)CC1. The minimum atomic E-state index is -0.565. The van der Waals surface area contributed by atoms with Crippen LogP contribution in [0.4, 0.5) is 10.1 Å². The molecule has 0 heterocycles. The molecule has 2 rings (SSSR count). The van der Waals surface area contributed by atoms with Crippen LogP contribution in [0.3, 0.4) is 0 Å². The Kier molecular flexibility index (Phi) is 4.13. The van der Waals surface area contributed by atoms with Crippen molar-refractivity contribution < 1.29 is 4.39 Å². The van der Waals surface area contributed by atoms with Gasteiger partial charge in [-0.15, -0.1) is 0 Å². The van der Waals surface area contributed by atoms with Crippen LogP contribution in [-0.2, 0) is 0 Å². The molecule has 1 fully saturated rings. The van der Waals surface area contributed by atoms with Gasteiger partial charge in [-0.25, -0.2) is 4.39 Å². The van der Waals surface area contributed by atoms with E-state index in [1.807, 2.05) is 0 Å². The van der Waals surface area contributed by atoms with Crippen molar-refractivity contribution in [1.82, 2.24) is 0 Å². The number of hydrogen-bond donors (Lipinski definition) is 2. The molecule has 94 valence electrons. The Bertz CT molecular complexity index is 380. The average Bonchev–Trinajstić information content (AvgIpc) is 2.29. The Morgan fingerprint density at radius 1 is 1.12 bits per heavy atom. The Labute approximate surface area is 110 Å². The molecule has 0 spiro atoms. The monoisotopic (exact) mass is 276 g/mol. The maximum atomic E-state index is 13.2. The lowest BCUT2D eigenvalue weighted by Gasteiger charge is -2.27. The zero-order valence-corrected chi connectivity index (χ0v) is 10.9. The first-order chi connectivity index (χ1) is 8.06. The molecule has 1 aromatic carbocycles. The molecule has 17 heavy (non-hydrogen) atoms. The third kappa shape index (κ3) is 3.24. The Balaban J connectivity index is 2.04. The molecule has 0 bridgehead atoms. The van der Waals surface area contributed by atoms with Gasteiger partial charge < -0.3 is 11.1 Å². The highest BCUT2D eigenvalue weighted by atomic mass is 35.5.